The molecule has 2 heterocycles. The van der Waals surface area contributed by atoms with Crippen LogP contribution >= 0.6 is 0 Å². The van der Waals surface area contributed by atoms with Crippen LogP contribution in [0.5, 0.6) is 0 Å². The largest absolute Gasteiger partial charge is 0.452 e. The fourth-order valence-corrected chi connectivity index (χ4v) is 3.09. The van der Waals surface area contributed by atoms with E-state index in [0.717, 1.165) is 5.56 Å². The zero-order chi connectivity index (χ0) is 21.6. The molecule has 0 fully saturated rings. The Hall–Kier alpha value is -4.57. The van der Waals surface area contributed by atoms with Crippen molar-refractivity contribution in [2.45, 2.75) is 0 Å². The Bertz CT molecular complexity index is 1310. The van der Waals surface area contributed by atoms with Crippen molar-refractivity contribution in [2.24, 2.45) is 0 Å². The molecule has 2 aromatic carbocycles. The molecule has 0 unspecified atom stereocenters. The van der Waals surface area contributed by atoms with Gasteiger partial charge in [-0.05, 0) is 42.5 Å². The van der Waals surface area contributed by atoms with Crippen LogP contribution in [0.15, 0.2) is 79.1 Å². The lowest BCUT2D eigenvalue weighted by Crippen LogP contribution is -2.21. The van der Waals surface area contributed by atoms with Gasteiger partial charge in [-0.15, -0.1) is 0 Å². The molecule has 7 nitrogen and oxygen atoms in total. The summed E-state index contributed by atoms with van der Waals surface area (Å²) in [5, 5.41) is 12.2. The van der Waals surface area contributed by atoms with Crippen molar-refractivity contribution in [3.63, 3.8) is 0 Å². The fourth-order valence-electron chi connectivity index (χ4n) is 3.09. The van der Waals surface area contributed by atoms with Crippen LogP contribution in [-0.4, -0.2) is 28.5 Å². The third-order valence-corrected chi connectivity index (χ3v) is 4.52. The highest BCUT2D eigenvalue weighted by Crippen LogP contribution is 2.25. The molecule has 0 saturated heterocycles. The van der Waals surface area contributed by atoms with Gasteiger partial charge in [0.2, 0.25) is 0 Å². The minimum absolute atomic E-state index is 0.316. The van der Waals surface area contributed by atoms with Crippen molar-refractivity contribution in [1.29, 1.82) is 5.26 Å². The number of nitriles is 1. The van der Waals surface area contributed by atoms with Gasteiger partial charge in [0.15, 0.2) is 6.61 Å². The molecule has 31 heavy (non-hydrogen) atoms. The van der Waals surface area contributed by atoms with Crippen LogP contribution < -0.4 is 5.32 Å². The van der Waals surface area contributed by atoms with E-state index in [9.17, 15) is 9.59 Å². The number of pyridine rings is 2. The maximum atomic E-state index is 12.8. The van der Waals surface area contributed by atoms with Crippen LogP contribution in [0.4, 0.5) is 5.69 Å². The molecule has 4 rings (SSSR count). The van der Waals surface area contributed by atoms with Gasteiger partial charge >= 0.3 is 5.97 Å². The quantitative estimate of drug-likeness (QED) is 0.501. The van der Waals surface area contributed by atoms with Crippen molar-refractivity contribution in [2.75, 3.05) is 11.9 Å². The predicted molar refractivity (Wildman–Crippen MR) is 115 cm³/mol. The van der Waals surface area contributed by atoms with Crippen LogP contribution in [0.1, 0.15) is 15.9 Å². The third-order valence-electron chi connectivity index (χ3n) is 4.52. The number of benzene rings is 2. The van der Waals surface area contributed by atoms with Crippen molar-refractivity contribution in [3.05, 3.63) is 90.3 Å². The van der Waals surface area contributed by atoms with Crippen molar-refractivity contribution in [1.82, 2.24) is 9.97 Å². The average molecular weight is 408 g/mol. The topological polar surface area (TPSA) is 105 Å². The number of carbonyl (C=O) groups excluding carboxylic acids is 2. The molecule has 0 aliphatic rings. The number of ether oxygens (including phenoxy) is 1. The number of nitrogens with zero attached hydrogens (tertiary/aromatic N) is 3. The van der Waals surface area contributed by atoms with E-state index in [-0.39, 0.29) is 0 Å². The molecular formula is C24H16N4O3. The number of esters is 1. The molecule has 0 radical (unpaired) electrons. The second-order valence-corrected chi connectivity index (χ2v) is 6.63. The van der Waals surface area contributed by atoms with Gasteiger partial charge in [-0.1, -0.05) is 24.3 Å². The summed E-state index contributed by atoms with van der Waals surface area (Å²) in [5.41, 5.74) is 3.24. The second kappa shape index (κ2) is 8.84. The van der Waals surface area contributed by atoms with E-state index in [2.05, 4.69) is 15.3 Å². The van der Waals surface area contributed by atoms with Crippen LogP contribution in [-0.2, 0) is 9.53 Å². The van der Waals surface area contributed by atoms with E-state index in [1.807, 2.05) is 24.3 Å². The Morgan fingerprint density at radius 2 is 1.81 bits per heavy atom. The van der Waals surface area contributed by atoms with E-state index >= 15 is 0 Å². The average Bonchev–Trinajstić information content (AvgIpc) is 2.82. The zero-order valence-corrected chi connectivity index (χ0v) is 16.3. The standard InChI is InChI=1S/C24H16N4O3/c25-14-16-4-3-5-18(12-16)27-23(29)15-31-24(30)20-13-22(17-8-10-26-11-9-17)28-21-7-2-1-6-19(20)21/h1-13H,15H2,(H,27,29). The Kier molecular flexibility index (Phi) is 5.63. The first-order chi connectivity index (χ1) is 15.1. The molecule has 7 heteroatoms. The van der Waals surface area contributed by atoms with Crippen LogP contribution in [0.3, 0.4) is 0 Å². The smallest absolute Gasteiger partial charge is 0.339 e. The van der Waals surface area contributed by atoms with Crippen molar-refractivity contribution < 1.29 is 14.3 Å². The van der Waals surface area contributed by atoms with E-state index in [0.29, 0.717) is 33.4 Å². The molecule has 0 saturated carbocycles. The van der Waals surface area contributed by atoms with Crippen molar-refractivity contribution >= 4 is 28.5 Å². The molecule has 0 aliphatic carbocycles. The predicted octanol–water partition coefficient (Wildman–Crippen LogP) is 3.96. The van der Waals surface area contributed by atoms with Gasteiger partial charge in [0, 0.05) is 29.0 Å². The number of hydrogen-bond acceptors (Lipinski definition) is 6. The third kappa shape index (κ3) is 4.54. The molecule has 1 amide bonds. The number of rotatable bonds is 5. The number of aromatic nitrogens is 2. The lowest BCUT2D eigenvalue weighted by atomic mass is 10.0. The fraction of sp³-hybridized carbons (Fsp3) is 0.0417. The summed E-state index contributed by atoms with van der Waals surface area (Å²) < 4.78 is 5.26. The molecule has 4 aromatic rings. The van der Waals surface area contributed by atoms with Crippen LogP contribution in [0.2, 0.25) is 0 Å². The number of anilines is 1. The first kappa shape index (κ1) is 19.7. The van der Waals surface area contributed by atoms with Crippen molar-refractivity contribution in [3.8, 4) is 17.3 Å². The Labute approximate surface area is 178 Å². The van der Waals surface area contributed by atoms with E-state index < -0.39 is 18.5 Å². The van der Waals surface area contributed by atoms with Crippen LogP contribution in [0, 0.1) is 11.3 Å². The first-order valence-electron chi connectivity index (χ1n) is 9.41. The van der Waals surface area contributed by atoms with E-state index in [1.54, 1.807) is 54.9 Å². The Morgan fingerprint density at radius 1 is 1.00 bits per heavy atom. The zero-order valence-electron chi connectivity index (χ0n) is 16.3. The molecule has 0 bridgehead atoms. The molecule has 2 aromatic heterocycles. The maximum Gasteiger partial charge on any atom is 0.339 e. The Morgan fingerprint density at radius 3 is 2.61 bits per heavy atom. The van der Waals surface area contributed by atoms with Gasteiger partial charge in [0.05, 0.1) is 28.4 Å². The minimum atomic E-state index is -0.630. The molecule has 0 aliphatic heterocycles. The lowest BCUT2D eigenvalue weighted by Gasteiger charge is -2.10. The molecule has 1 N–H and O–H groups in total. The number of hydrogen-bond donors (Lipinski definition) is 1. The minimum Gasteiger partial charge on any atom is -0.452 e. The first-order valence-corrected chi connectivity index (χ1v) is 9.41. The highest BCUT2D eigenvalue weighted by molar-refractivity contribution is 6.05. The number of carbonyl (C=O) groups is 2. The number of nitrogens with one attached hydrogen (secondary N) is 1. The number of para-hydroxylation sites is 1. The summed E-state index contributed by atoms with van der Waals surface area (Å²) in [5.74, 6) is -1.13. The van der Waals surface area contributed by atoms with Gasteiger partial charge < -0.3 is 10.1 Å². The highest BCUT2D eigenvalue weighted by Gasteiger charge is 2.16. The Balaban J connectivity index is 1.54. The summed E-state index contributed by atoms with van der Waals surface area (Å²) >= 11 is 0. The normalized spacial score (nSPS) is 10.3. The van der Waals surface area contributed by atoms with Gasteiger partial charge in [0.1, 0.15) is 0 Å². The summed E-state index contributed by atoms with van der Waals surface area (Å²) in [7, 11) is 0. The van der Waals surface area contributed by atoms with E-state index in [1.165, 1.54) is 6.07 Å². The number of amides is 1. The molecule has 0 spiro atoms. The molecule has 150 valence electrons. The van der Waals surface area contributed by atoms with Crippen LogP contribution in [0.25, 0.3) is 22.2 Å². The van der Waals surface area contributed by atoms with Gasteiger partial charge in [-0.2, -0.15) is 5.26 Å². The summed E-state index contributed by atoms with van der Waals surface area (Å²) in [4.78, 5) is 33.6. The number of fused-ring (bicyclic) bond motifs is 1. The van der Waals surface area contributed by atoms with Gasteiger partial charge in [-0.25, -0.2) is 9.78 Å². The molecule has 0 atom stereocenters. The SMILES string of the molecule is N#Cc1cccc(NC(=O)COC(=O)c2cc(-c3ccncc3)nc3ccccc23)c1. The monoisotopic (exact) mass is 408 g/mol. The van der Waals surface area contributed by atoms with Gasteiger partial charge in [0.25, 0.3) is 5.91 Å². The highest BCUT2D eigenvalue weighted by atomic mass is 16.5. The second-order valence-electron chi connectivity index (χ2n) is 6.63. The summed E-state index contributed by atoms with van der Waals surface area (Å²) in [6, 6.07) is 21.0. The molecular weight excluding hydrogens is 392 g/mol. The summed E-state index contributed by atoms with van der Waals surface area (Å²) in [6.45, 7) is -0.461. The van der Waals surface area contributed by atoms with Gasteiger partial charge in [-0.3, -0.25) is 9.78 Å². The maximum absolute atomic E-state index is 12.8. The lowest BCUT2D eigenvalue weighted by molar-refractivity contribution is -0.119. The van der Waals surface area contributed by atoms with E-state index in [4.69, 9.17) is 10.00 Å². The summed E-state index contributed by atoms with van der Waals surface area (Å²) in [6.07, 6.45) is 3.30.